The molecule has 22 heavy (non-hydrogen) atoms. The van der Waals surface area contributed by atoms with Crippen LogP contribution in [-0.2, 0) is 9.59 Å². The van der Waals surface area contributed by atoms with Crippen molar-refractivity contribution in [3.05, 3.63) is 34.9 Å². The van der Waals surface area contributed by atoms with Crippen LogP contribution in [0.2, 0.25) is 5.02 Å². The molecule has 0 radical (unpaired) electrons. The molecule has 5 nitrogen and oxygen atoms in total. The molecule has 0 saturated carbocycles. The zero-order valence-electron chi connectivity index (χ0n) is 12.6. The minimum Gasteiger partial charge on any atom is -0.356 e. The quantitative estimate of drug-likeness (QED) is 0.722. The second-order valence-electron chi connectivity index (χ2n) is 4.97. The molecule has 0 aliphatic rings. The van der Waals surface area contributed by atoms with E-state index in [1.807, 2.05) is 0 Å². The molecule has 2 N–H and O–H groups in total. The average molecular weight is 322 g/mol. The monoisotopic (exact) mass is 321 g/mol. The summed E-state index contributed by atoms with van der Waals surface area (Å²) in [5.41, 5.74) is 0.714. The standard InChI is InChI=1S/C16H20ClN3O2/c1-12(21)19-10-4-2-3-5-16(22)20-15(11-18)13-6-8-14(17)9-7-13/h6-9,15H,2-5,10H2,1H3,(H,19,21)(H,20,22)/t15-/m1/s1. The van der Waals surface area contributed by atoms with Gasteiger partial charge in [0.15, 0.2) is 0 Å². The topological polar surface area (TPSA) is 82.0 Å². The van der Waals surface area contributed by atoms with Crippen LogP contribution in [0.4, 0.5) is 0 Å². The van der Waals surface area contributed by atoms with Crippen LogP contribution in [0, 0.1) is 11.3 Å². The minimum atomic E-state index is -0.663. The van der Waals surface area contributed by atoms with E-state index in [9.17, 15) is 9.59 Å². The summed E-state index contributed by atoms with van der Waals surface area (Å²) in [7, 11) is 0. The SMILES string of the molecule is CC(=O)NCCCCCC(=O)N[C@H](C#N)c1ccc(Cl)cc1. The van der Waals surface area contributed by atoms with Crippen molar-refractivity contribution in [2.24, 2.45) is 0 Å². The molecule has 0 bridgehead atoms. The summed E-state index contributed by atoms with van der Waals surface area (Å²) in [5.74, 6) is -0.196. The number of carbonyl (C=O) groups is 2. The Morgan fingerprint density at radius 2 is 1.91 bits per heavy atom. The van der Waals surface area contributed by atoms with Gasteiger partial charge < -0.3 is 10.6 Å². The lowest BCUT2D eigenvalue weighted by Gasteiger charge is -2.12. The molecule has 0 aromatic heterocycles. The third-order valence-electron chi connectivity index (χ3n) is 3.09. The summed E-state index contributed by atoms with van der Waals surface area (Å²) in [6.45, 7) is 2.11. The second kappa shape index (κ2) is 9.80. The van der Waals surface area contributed by atoms with Crippen molar-refractivity contribution in [1.82, 2.24) is 10.6 Å². The van der Waals surface area contributed by atoms with Gasteiger partial charge in [-0.25, -0.2) is 0 Å². The lowest BCUT2D eigenvalue weighted by Crippen LogP contribution is -2.27. The highest BCUT2D eigenvalue weighted by atomic mass is 35.5. The van der Waals surface area contributed by atoms with Gasteiger partial charge in [-0.2, -0.15) is 5.26 Å². The Hall–Kier alpha value is -2.06. The number of rotatable bonds is 8. The lowest BCUT2D eigenvalue weighted by atomic mass is 10.1. The Morgan fingerprint density at radius 1 is 1.23 bits per heavy atom. The van der Waals surface area contributed by atoms with E-state index >= 15 is 0 Å². The van der Waals surface area contributed by atoms with Gasteiger partial charge in [0, 0.05) is 24.9 Å². The maximum absolute atomic E-state index is 11.8. The van der Waals surface area contributed by atoms with E-state index in [1.54, 1.807) is 24.3 Å². The number of nitrogens with zero attached hydrogens (tertiary/aromatic N) is 1. The first kappa shape index (κ1) is 18.0. The first-order valence-corrected chi connectivity index (χ1v) is 7.59. The molecule has 0 saturated heterocycles. The van der Waals surface area contributed by atoms with Crippen molar-refractivity contribution in [3.8, 4) is 6.07 Å². The molecule has 0 fully saturated rings. The van der Waals surface area contributed by atoms with Crippen molar-refractivity contribution in [2.75, 3.05) is 6.54 Å². The molecule has 118 valence electrons. The number of nitrogens with one attached hydrogen (secondary N) is 2. The molecule has 1 aromatic carbocycles. The molecule has 1 aromatic rings. The van der Waals surface area contributed by atoms with Gasteiger partial charge in [0.1, 0.15) is 6.04 Å². The van der Waals surface area contributed by atoms with E-state index < -0.39 is 6.04 Å². The van der Waals surface area contributed by atoms with Gasteiger partial charge in [0.2, 0.25) is 11.8 Å². The number of unbranched alkanes of at least 4 members (excludes halogenated alkanes) is 2. The van der Waals surface area contributed by atoms with Gasteiger partial charge in [-0.3, -0.25) is 9.59 Å². The van der Waals surface area contributed by atoms with Crippen molar-refractivity contribution < 1.29 is 9.59 Å². The first-order chi connectivity index (χ1) is 10.5. The van der Waals surface area contributed by atoms with Gasteiger partial charge in [0.05, 0.1) is 6.07 Å². The van der Waals surface area contributed by atoms with E-state index in [2.05, 4.69) is 16.7 Å². The molecular weight excluding hydrogens is 302 g/mol. The molecular formula is C16H20ClN3O2. The van der Waals surface area contributed by atoms with E-state index in [1.165, 1.54) is 6.92 Å². The van der Waals surface area contributed by atoms with Crippen LogP contribution in [0.5, 0.6) is 0 Å². The van der Waals surface area contributed by atoms with Crippen LogP contribution >= 0.6 is 11.6 Å². The second-order valence-corrected chi connectivity index (χ2v) is 5.41. The summed E-state index contributed by atoms with van der Waals surface area (Å²) in [5, 5.41) is 15.1. The Morgan fingerprint density at radius 3 is 2.50 bits per heavy atom. The van der Waals surface area contributed by atoms with Crippen molar-refractivity contribution >= 4 is 23.4 Å². The molecule has 0 aliphatic carbocycles. The Balaban J connectivity index is 2.29. The summed E-state index contributed by atoms with van der Waals surface area (Å²) in [6.07, 6.45) is 2.79. The Bertz CT molecular complexity index is 537. The Kier molecular flexibility index (Phi) is 8.01. The summed E-state index contributed by atoms with van der Waals surface area (Å²) < 4.78 is 0. The Labute approximate surface area is 135 Å². The van der Waals surface area contributed by atoms with Crippen LogP contribution < -0.4 is 10.6 Å². The maximum atomic E-state index is 11.8. The fourth-order valence-electron chi connectivity index (χ4n) is 1.93. The normalized spacial score (nSPS) is 11.3. The molecule has 0 unspecified atom stereocenters. The molecule has 1 atom stereocenters. The van der Waals surface area contributed by atoms with Crippen LogP contribution in [-0.4, -0.2) is 18.4 Å². The zero-order valence-corrected chi connectivity index (χ0v) is 13.3. The fourth-order valence-corrected chi connectivity index (χ4v) is 2.06. The van der Waals surface area contributed by atoms with Crippen molar-refractivity contribution in [2.45, 2.75) is 38.6 Å². The summed E-state index contributed by atoms with van der Waals surface area (Å²) in [4.78, 5) is 22.5. The lowest BCUT2D eigenvalue weighted by molar-refractivity contribution is -0.122. The van der Waals surface area contributed by atoms with Gasteiger partial charge in [-0.15, -0.1) is 0 Å². The summed E-state index contributed by atoms with van der Waals surface area (Å²) in [6, 6.07) is 8.24. The van der Waals surface area contributed by atoms with Gasteiger partial charge in [-0.05, 0) is 30.5 Å². The van der Waals surface area contributed by atoms with Gasteiger partial charge in [0.25, 0.3) is 0 Å². The number of halogens is 1. The number of nitriles is 1. The number of benzene rings is 1. The van der Waals surface area contributed by atoms with E-state index in [0.29, 0.717) is 23.6 Å². The van der Waals surface area contributed by atoms with Crippen LogP contribution in [0.3, 0.4) is 0 Å². The van der Waals surface area contributed by atoms with E-state index in [0.717, 1.165) is 19.3 Å². The molecule has 1 rings (SSSR count). The third kappa shape index (κ3) is 7.09. The number of amides is 2. The van der Waals surface area contributed by atoms with Crippen molar-refractivity contribution in [1.29, 1.82) is 5.26 Å². The molecule has 6 heteroatoms. The summed E-state index contributed by atoms with van der Waals surface area (Å²) >= 11 is 5.80. The predicted molar refractivity (Wildman–Crippen MR) is 85.1 cm³/mol. The van der Waals surface area contributed by atoms with E-state index in [4.69, 9.17) is 16.9 Å². The first-order valence-electron chi connectivity index (χ1n) is 7.22. The van der Waals surface area contributed by atoms with Crippen LogP contribution in [0.25, 0.3) is 0 Å². The molecule has 0 spiro atoms. The van der Waals surface area contributed by atoms with Crippen LogP contribution in [0.1, 0.15) is 44.2 Å². The van der Waals surface area contributed by atoms with Crippen LogP contribution in [0.15, 0.2) is 24.3 Å². The largest absolute Gasteiger partial charge is 0.356 e. The minimum absolute atomic E-state index is 0.0439. The molecule has 0 heterocycles. The number of hydrogen-bond acceptors (Lipinski definition) is 3. The maximum Gasteiger partial charge on any atom is 0.221 e. The third-order valence-corrected chi connectivity index (χ3v) is 3.34. The average Bonchev–Trinajstić information content (AvgIpc) is 2.49. The molecule has 0 aliphatic heterocycles. The van der Waals surface area contributed by atoms with Crippen molar-refractivity contribution in [3.63, 3.8) is 0 Å². The highest BCUT2D eigenvalue weighted by molar-refractivity contribution is 6.30. The predicted octanol–water partition coefficient (Wildman–Crippen LogP) is 2.72. The highest BCUT2D eigenvalue weighted by Crippen LogP contribution is 2.16. The van der Waals surface area contributed by atoms with Gasteiger partial charge in [-0.1, -0.05) is 30.2 Å². The fraction of sp³-hybridized carbons (Fsp3) is 0.438. The molecule has 2 amide bonds. The highest BCUT2D eigenvalue weighted by Gasteiger charge is 2.13. The number of carbonyl (C=O) groups excluding carboxylic acids is 2. The zero-order chi connectivity index (χ0) is 16.4. The van der Waals surface area contributed by atoms with E-state index in [-0.39, 0.29) is 11.8 Å². The number of hydrogen-bond donors (Lipinski definition) is 2. The smallest absolute Gasteiger partial charge is 0.221 e. The van der Waals surface area contributed by atoms with Gasteiger partial charge >= 0.3 is 0 Å².